The van der Waals surface area contributed by atoms with Gasteiger partial charge >= 0.3 is 0 Å². The summed E-state index contributed by atoms with van der Waals surface area (Å²) in [6.45, 7) is 6.15. The third kappa shape index (κ3) is 3.74. The second-order valence-electron chi connectivity index (χ2n) is 4.03. The summed E-state index contributed by atoms with van der Waals surface area (Å²) in [7, 11) is 0. The van der Waals surface area contributed by atoms with Gasteiger partial charge in [0.2, 0.25) is 0 Å². The van der Waals surface area contributed by atoms with Crippen LogP contribution >= 0.6 is 0 Å². The van der Waals surface area contributed by atoms with E-state index < -0.39 is 0 Å². The molecule has 0 radical (unpaired) electrons. The molecule has 2 nitrogen and oxygen atoms in total. The van der Waals surface area contributed by atoms with Crippen LogP contribution in [-0.4, -0.2) is 11.9 Å². The SMILES string of the molecule is CCC[C@@H](C)NC(=O)c1cccc(C)c1. The molecule has 0 fully saturated rings. The predicted molar refractivity (Wildman–Crippen MR) is 63.0 cm³/mol. The van der Waals surface area contributed by atoms with E-state index in [1.165, 1.54) is 0 Å². The molecule has 82 valence electrons. The monoisotopic (exact) mass is 205 g/mol. The fraction of sp³-hybridized carbons (Fsp3) is 0.462. The van der Waals surface area contributed by atoms with E-state index in [4.69, 9.17) is 0 Å². The molecule has 0 aromatic heterocycles. The molecule has 2 heteroatoms. The molecule has 0 unspecified atom stereocenters. The Labute approximate surface area is 91.7 Å². The number of benzene rings is 1. The first-order chi connectivity index (χ1) is 7.13. The molecular weight excluding hydrogens is 186 g/mol. The zero-order valence-electron chi connectivity index (χ0n) is 9.71. The van der Waals surface area contributed by atoms with Gasteiger partial charge in [-0.2, -0.15) is 0 Å². The Balaban J connectivity index is 2.61. The van der Waals surface area contributed by atoms with Crippen LogP contribution in [0.1, 0.15) is 42.6 Å². The summed E-state index contributed by atoms with van der Waals surface area (Å²) in [5.74, 6) is 0.0275. The minimum Gasteiger partial charge on any atom is -0.350 e. The highest BCUT2D eigenvalue weighted by Gasteiger charge is 2.08. The van der Waals surface area contributed by atoms with Crippen LogP contribution in [0, 0.1) is 6.92 Å². The molecule has 1 aromatic rings. The summed E-state index contributed by atoms with van der Waals surface area (Å²) in [6, 6.07) is 7.92. The Morgan fingerprint density at radius 3 is 2.80 bits per heavy atom. The molecule has 0 saturated heterocycles. The first kappa shape index (κ1) is 11.8. The van der Waals surface area contributed by atoms with Crippen molar-refractivity contribution in [2.45, 2.75) is 39.7 Å². The van der Waals surface area contributed by atoms with Gasteiger partial charge in [-0.1, -0.05) is 31.0 Å². The molecule has 0 aliphatic rings. The maximum Gasteiger partial charge on any atom is 0.251 e. The van der Waals surface area contributed by atoms with Crippen LogP contribution in [0.4, 0.5) is 0 Å². The lowest BCUT2D eigenvalue weighted by molar-refractivity contribution is 0.0938. The van der Waals surface area contributed by atoms with E-state index in [1.54, 1.807) is 0 Å². The molecule has 0 aliphatic carbocycles. The Morgan fingerprint density at radius 2 is 2.20 bits per heavy atom. The highest BCUT2D eigenvalue weighted by molar-refractivity contribution is 5.94. The quantitative estimate of drug-likeness (QED) is 0.804. The van der Waals surface area contributed by atoms with Crippen LogP contribution in [-0.2, 0) is 0 Å². The molecule has 0 bridgehead atoms. The van der Waals surface area contributed by atoms with E-state index in [-0.39, 0.29) is 11.9 Å². The predicted octanol–water partition coefficient (Wildman–Crippen LogP) is 2.91. The first-order valence-electron chi connectivity index (χ1n) is 5.51. The van der Waals surface area contributed by atoms with Gasteiger partial charge in [0.15, 0.2) is 0 Å². The number of hydrogen-bond acceptors (Lipinski definition) is 1. The first-order valence-corrected chi connectivity index (χ1v) is 5.51. The average Bonchev–Trinajstić information content (AvgIpc) is 2.18. The van der Waals surface area contributed by atoms with E-state index in [0.29, 0.717) is 0 Å². The summed E-state index contributed by atoms with van der Waals surface area (Å²) < 4.78 is 0. The van der Waals surface area contributed by atoms with Crippen LogP contribution < -0.4 is 5.32 Å². The van der Waals surface area contributed by atoms with Crippen LogP contribution in [0.15, 0.2) is 24.3 Å². The normalized spacial score (nSPS) is 12.2. The van der Waals surface area contributed by atoms with Crippen molar-refractivity contribution in [2.75, 3.05) is 0 Å². The number of rotatable bonds is 4. The highest BCUT2D eigenvalue weighted by atomic mass is 16.1. The van der Waals surface area contributed by atoms with E-state index in [1.807, 2.05) is 38.1 Å². The van der Waals surface area contributed by atoms with Crippen molar-refractivity contribution in [3.8, 4) is 0 Å². The third-order valence-electron chi connectivity index (χ3n) is 2.38. The largest absolute Gasteiger partial charge is 0.350 e. The van der Waals surface area contributed by atoms with Crippen molar-refractivity contribution < 1.29 is 4.79 Å². The lowest BCUT2D eigenvalue weighted by Crippen LogP contribution is -2.32. The van der Waals surface area contributed by atoms with Gasteiger partial charge < -0.3 is 5.32 Å². The smallest absolute Gasteiger partial charge is 0.251 e. The van der Waals surface area contributed by atoms with Crippen LogP contribution in [0.25, 0.3) is 0 Å². The van der Waals surface area contributed by atoms with Crippen molar-refractivity contribution in [1.82, 2.24) is 5.32 Å². The lowest BCUT2D eigenvalue weighted by Gasteiger charge is -2.12. The molecule has 1 rings (SSSR count). The Morgan fingerprint density at radius 1 is 1.47 bits per heavy atom. The van der Waals surface area contributed by atoms with Gasteiger partial charge in [0.05, 0.1) is 0 Å². The van der Waals surface area contributed by atoms with Gasteiger partial charge in [-0.3, -0.25) is 4.79 Å². The zero-order valence-corrected chi connectivity index (χ0v) is 9.71. The summed E-state index contributed by atoms with van der Waals surface area (Å²) in [5.41, 5.74) is 1.86. The minimum atomic E-state index is 0.0275. The van der Waals surface area contributed by atoms with Crippen molar-refractivity contribution in [3.63, 3.8) is 0 Å². The maximum absolute atomic E-state index is 11.8. The fourth-order valence-corrected chi connectivity index (χ4v) is 1.60. The molecule has 1 N–H and O–H groups in total. The van der Waals surface area contributed by atoms with Crippen molar-refractivity contribution >= 4 is 5.91 Å². The molecule has 15 heavy (non-hydrogen) atoms. The van der Waals surface area contributed by atoms with E-state index in [9.17, 15) is 4.79 Å². The molecule has 0 heterocycles. The molecule has 0 saturated carbocycles. The maximum atomic E-state index is 11.8. The summed E-state index contributed by atoms with van der Waals surface area (Å²) >= 11 is 0. The summed E-state index contributed by atoms with van der Waals surface area (Å²) in [6.07, 6.45) is 2.12. The molecule has 0 spiro atoms. The number of amides is 1. The van der Waals surface area contributed by atoms with E-state index in [2.05, 4.69) is 12.2 Å². The average molecular weight is 205 g/mol. The van der Waals surface area contributed by atoms with Gasteiger partial charge in [-0.25, -0.2) is 0 Å². The van der Waals surface area contributed by atoms with Gasteiger partial charge in [-0.05, 0) is 32.4 Å². The Kier molecular flexibility index (Phi) is 4.35. The highest BCUT2D eigenvalue weighted by Crippen LogP contribution is 2.05. The number of nitrogens with one attached hydrogen (secondary N) is 1. The van der Waals surface area contributed by atoms with Crippen molar-refractivity contribution in [2.24, 2.45) is 0 Å². The topological polar surface area (TPSA) is 29.1 Å². The van der Waals surface area contributed by atoms with Gasteiger partial charge in [0.1, 0.15) is 0 Å². The van der Waals surface area contributed by atoms with Crippen molar-refractivity contribution in [1.29, 1.82) is 0 Å². The third-order valence-corrected chi connectivity index (χ3v) is 2.38. The Bertz CT molecular complexity index is 333. The second kappa shape index (κ2) is 5.54. The van der Waals surface area contributed by atoms with Crippen LogP contribution in [0.3, 0.4) is 0 Å². The zero-order chi connectivity index (χ0) is 11.3. The van der Waals surface area contributed by atoms with Crippen LogP contribution in [0.5, 0.6) is 0 Å². The van der Waals surface area contributed by atoms with Gasteiger partial charge in [-0.15, -0.1) is 0 Å². The fourth-order valence-electron chi connectivity index (χ4n) is 1.60. The summed E-state index contributed by atoms with van der Waals surface area (Å²) in [4.78, 5) is 11.8. The molecule has 1 aromatic carbocycles. The van der Waals surface area contributed by atoms with Crippen LogP contribution in [0.2, 0.25) is 0 Å². The molecular formula is C13H19NO. The second-order valence-corrected chi connectivity index (χ2v) is 4.03. The van der Waals surface area contributed by atoms with E-state index >= 15 is 0 Å². The molecule has 1 atom stereocenters. The number of carbonyl (C=O) groups is 1. The standard InChI is InChI=1S/C13H19NO/c1-4-6-11(3)14-13(15)12-8-5-7-10(2)9-12/h5,7-9,11H,4,6H2,1-3H3,(H,14,15)/t11-/m1/s1. The lowest BCUT2D eigenvalue weighted by atomic mass is 10.1. The van der Waals surface area contributed by atoms with Gasteiger partial charge in [0.25, 0.3) is 5.91 Å². The Hall–Kier alpha value is -1.31. The number of carbonyl (C=O) groups excluding carboxylic acids is 1. The van der Waals surface area contributed by atoms with Gasteiger partial charge in [0, 0.05) is 11.6 Å². The number of aryl methyl sites for hydroxylation is 1. The minimum absolute atomic E-state index is 0.0275. The van der Waals surface area contributed by atoms with E-state index in [0.717, 1.165) is 24.0 Å². The summed E-state index contributed by atoms with van der Waals surface area (Å²) in [5, 5.41) is 2.99. The number of hydrogen-bond donors (Lipinski definition) is 1. The molecule has 0 aliphatic heterocycles. The van der Waals surface area contributed by atoms with Crippen molar-refractivity contribution in [3.05, 3.63) is 35.4 Å². The molecule has 1 amide bonds.